The van der Waals surface area contributed by atoms with E-state index >= 15 is 0 Å². The van der Waals surface area contributed by atoms with E-state index in [4.69, 9.17) is 0 Å². The van der Waals surface area contributed by atoms with E-state index in [9.17, 15) is 18.3 Å². The third-order valence-corrected chi connectivity index (χ3v) is 3.73. The molecule has 18 heavy (non-hydrogen) atoms. The number of halogens is 3. The number of benzene rings is 1. The molecule has 1 N–H and O–H groups in total. The highest BCUT2D eigenvalue weighted by molar-refractivity contribution is 5.32. The second-order valence-corrected chi connectivity index (χ2v) is 5.24. The molecule has 5 heteroatoms. The molecule has 2 nitrogen and oxygen atoms in total. The number of aliphatic hydroxyl groups is 1. The Kier molecular flexibility index (Phi) is 3.05. The van der Waals surface area contributed by atoms with Gasteiger partial charge in [-0.2, -0.15) is 0 Å². The molecule has 2 rings (SSSR count). The van der Waals surface area contributed by atoms with Gasteiger partial charge in [0.1, 0.15) is 5.75 Å². The summed E-state index contributed by atoms with van der Waals surface area (Å²) in [5.74, 6) is -0.0450. The summed E-state index contributed by atoms with van der Waals surface area (Å²) in [6.45, 7) is 3.90. The Balaban J connectivity index is 2.10. The first-order valence-corrected chi connectivity index (χ1v) is 5.74. The molecule has 0 aliphatic heterocycles. The Morgan fingerprint density at radius 3 is 2.17 bits per heavy atom. The zero-order valence-electron chi connectivity index (χ0n) is 10.2. The van der Waals surface area contributed by atoms with Crippen molar-refractivity contribution in [3.63, 3.8) is 0 Å². The van der Waals surface area contributed by atoms with E-state index < -0.39 is 6.36 Å². The van der Waals surface area contributed by atoms with Crippen molar-refractivity contribution in [3.05, 3.63) is 29.8 Å². The first kappa shape index (κ1) is 13.2. The highest BCUT2D eigenvalue weighted by atomic mass is 19.4. The second-order valence-electron chi connectivity index (χ2n) is 5.24. The summed E-state index contributed by atoms with van der Waals surface area (Å²) >= 11 is 0. The molecule has 100 valence electrons. The summed E-state index contributed by atoms with van der Waals surface area (Å²) in [4.78, 5) is 0. The van der Waals surface area contributed by atoms with Crippen LogP contribution in [0.1, 0.15) is 31.7 Å². The van der Waals surface area contributed by atoms with Crippen molar-refractivity contribution in [3.8, 4) is 5.75 Å². The van der Waals surface area contributed by atoms with Gasteiger partial charge in [-0.1, -0.05) is 26.0 Å². The Morgan fingerprint density at radius 2 is 1.78 bits per heavy atom. The van der Waals surface area contributed by atoms with Crippen LogP contribution in [0.25, 0.3) is 0 Å². The summed E-state index contributed by atoms with van der Waals surface area (Å²) < 4.78 is 39.8. The van der Waals surface area contributed by atoms with Gasteiger partial charge in [-0.25, -0.2) is 0 Å². The molecule has 1 saturated carbocycles. The van der Waals surface area contributed by atoms with Gasteiger partial charge in [-0.15, -0.1) is 13.2 Å². The Labute approximate surface area is 103 Å². The van der Waals surface area contributed by atoms with Gasteiger partial charge >= 0.3 is 6.36 Å². The topological polar surface area (TPSA) is 29.5 Å². The molecule has 0 amide bonds. The van der Waals surface area contributed by atoms with Gasteiger partial charge in [0.05, 0.1) is 6.10 Å². The van der Waals surface area contributed by atoms with Crippen LogP contribution < -0.4 is 4.74 Å². The summed E-state index contributed by atoms with van der Waals surface area (Å²) in [6.07, 6.45) is -4.37. The zero-order chi connectivity index (χ0) is 13.6. The predicted octanol–water partition coefficient (Wildman–Crippen LogP) is 3.46. The average molecular weight is 260 g/mol. The number of ether oxygens (including phenoxy) is 1. The zero-order valence-corrected chi connectivity index (χ0v) is 10.2. The SMILES string of the molecule is CC1(C)C(O)CC1c1ccc(OC(F)(F)F)cc1. The lowest BCUT2D eigenvalue weighted by atomic mass is 9.58. The molecular formula is C13H15F3O2. The molecule has 0 saturated heterocycles. The van der Waals surface area contributed by atoms with Gasteiger partial charge in [-0.05, 0) is 35.4 Å². The Morgan fingerprint density at radius 1 is 1.22 bits per heavy atom. The van der Waals surface area contributed by atoms with Gasteiger partial charge in [0, 0.05) is 0 Å². The lowest BCUT2D eigenvalue weighted by molar-refractivity contribution is -0.274. The molecule has 0 bridgehead atoms. The number of aliphatic hydroxyl groups excluding tert-OH is 1. The minimum absolute atomic E-state index is 0.174. The van der Waals surface area contributed by atoms with E-state index in [1.807, 2.05) is 13.8 Å². The highest BCUT2D eigenvalue weighted by Gasteiger charge is 2.47. The van der Waals surface area contributed by atoms with Crippen LogP contribution in [0.5, 0.6) is 5.75 Å². The first-order valence-electron chi connectivity index (χ1n) is 5.74. The summed E-state index contributed by atoms with van der Waals surface area (Å²) in [7, 11) is 0. The van der Waals surface area contributed by atoms with Gasteiger partial charge < -0.3 is 9.84 Å². The molecule has 1 aliphatic rings. The largest absolute Gasteiger partial charge is 0.573 e. The molecule has 1 aromatic carbocycles. The molecule has 0 aromatic heterocycles. The van der Waals surface area contributed by atoms with Crippen molar-refractivity contribution in [1.82, 2.24) is 0 Å². The van der Waals surface area contributed by atoms with Crippen molar-refractivity contribution in [1.29, 1.82) is 0 Å². The molecule has 2 unspecified atom stereocenters. The summed E-state index contributed by atoms with van der Waals surface area (Å²) in [6, 6.07) is 5.87. The first-order chi connectivity index (χ1) is 8.20. The maximum atomic E-state index is 12.0. The predicted molar refractivity (Wildman–Crippen MR) is 60.3 cm³/mol. The number of hydrogen-bond acceptors (Lipinski definition) is 2. The molecule has 1 fully saturated rings. The van der Waals surface area contributed by atoms with Crippen LogP contribution in [-0.2, 0) is 0 Å². The lowest BCUT2D eigenvalue weighted by Crippen LogP contribution is -2.47. The standard InChI is InChI=1S/C13H15F3O2/c1-12(2)10(7-11(12)17)8-3-5-9(6-4-8)18-13(14,15)16/h3-6,10-11,17H,7H2,1-2H3. The van der Waals surface area contributed by atoms with Crippen LogP contribution in [0.15, 0.2) is 24.3 Å². The van der Waals surface area contributed by atoms with Crippen molar-refractivity contribution >= 4 is 0 Å². The van der Waals surface area contributed by atoms with Crippen LogP contribution in [0, 0.1) is 5.41 Å². The van der Waals surface area contributed by atoms with E-state index in [0.717, 1.165) is 5.56 Å². The smallest absolute Gasteiger partial charge is 0.406 e. The molecule has 2 atom stereocenters. The molecule has 1 aromatic rings. The monoisotopic (exact) mass is 260 g/mol. The normalized spacial score (nSPS) is 26.6. The highest BCUT2D eigenvalue weighted by Crippen LogP contribution is 2.52. The number of hydrogen-bond donors (Lipinski definition) is 1. The van der Waals surface area contributed by atoms with E-state index in [1.54, 1.807) is 12.1 Å². The summed E-state index contributed by atoms with van der Waals surface area (Å²) in [5.41, 5.74) is 0.701. The fraction of sp³-hybridized carbons (Fsp3) is 0.538. The third-order valence-electron chi connectivity index (χ3n) is 3.73. The second kappa shape index (κ2) is 4.16. The minimum Gasteiger partial charge on any atom is -0.406 e. The maximum Gasteiger partial charge on any atom is 0.573 e. The lowest BCUT2D eigenvalue weighted by Gasteiger charge is -2.49. The average Bonchev–Trinajstić information content (AvgIpc) is 2.25. The number of alkyl halides is 3. The fourth-order valence-electron chi connectivity index (χ4n) is 2.37. The fourth-order valence-corrected chi connectivity index (χ4v) is 2.37. The van der Waals surface area contributed by atoms with E-state index in [0.29, 0.717) is 6.42 Å². The molecule has 0 spiro atoms. The van der Waals surface area contributed by atoms with Crippen LogP contribution in [0.2, 0.25) is 0 Å². The molecule has 0 heterocycles. The maximum absolute atomic E-state index is 12.0. The van der Waals surface area contributed by atoms with Crippen LogP contribution in [0.4, 0.5) is 13.2 Å². The van der Waals surface area contributed by atoms with Crippen LogP contribution in [-0.4, -0.2) is 17.6 Å². The van der Waals surface area contributed by atoms with Gasteiger partial charge in [-0.3, -0.25) is 0 Å². The van der Waals surface area contributed by atoms with E-state index in [2.05, 4.69) is 4.74 Å². The molecule has 0 radical (unpaired) electrons. The van der Waals surface area contributed by atoms with E-state index in [1.165, 1.54) is 12.1 Å². The van der Waals surface area contributed by atoms with Crippen molar-refractivity contribution in [2.75, 3.05) is 0 Å². The van der Waals surface area contributed by atoms with Crippen molar-refractivity contribution in [2.24, 2.45) is 5.41 Å². The number of rotatable bonds is 2. The summed E-state index contributed by atoms with van der Waals surface area (Å²) in [5, 5.41) is 9.64. The van der Waals surface area contributed by atoms with Crippen LogP contribution in [0.3, 0.4) is 0 Å². The minimum atomic E-state index is -4.66. The quantitative estimate of drug-likeness (QED) is 0.882. The Bertz CT molecular complexity index is 423. The van der Waals surface area contributed by atoms with Crippen molar-refractivity contribution < 1.29 is 23.0 Å². The van der Waals surface area contributed by atoms with Gasteiger partial charge in [0.15, 0.2) is 0 Å². The van der Waals surface area contributed by atoms with Gasteiger partial charge in [0.25, 0.3) is 0 Å². The molecule has 1 aliphatic carbocycles. The van der Waals surface area contributed by atoms with Crippen molar-refractivity contribution in [2.45, 2.75) is 38.7 Å². The van der Waals surface area contributed by atoms with E-state index in [-0.39, 0.29) is 23.2 Å². The van der Waals surface area contributed by atoms with Crippen LogP contribution >= 0.6 is 0 Å². The third kappa shape index (κ3) is 2.46. The van der Waals surface area contributed by atoms with Gasteiger partial charge in [0.2, 0.25) is 0 Å². The molecular weight excluding hydrogens is 245 g/mol. The Hall–Kier alpha value is -1.23.